The van der Waals surface area contributed by atoms with Crippen LogP contribution in [0.4, 0.5) is 0 Å². The van der Waals surface area contributed by atoms with Crippen LogP contribution in [0.5, 0.6) is 0 Å². The number of nitrogens with zero attached hydrogens (tertiary/aromatic N) is 3. The highest BCUT2D eigenvalue weighted by Crippen LogP contribution is 2.23. The number of ether oxygens (including phenoxy) is 1. The molecule has 1 saturated heterocycles. The van der Waals surface area contributed by atoms with Gasteiger partial charge in [-0.2, -0.15) is 0 Å². The molecular weight excluding hydrogens is 272 g/mol. The fraction of sp³-hybridized carbons (Fsp3) is 0.714. The van der Waals surface area contributed by atoms with Gasteiger partial charge in [-0.05, 0) is 33.6 Å². The summed E-state index contributed by atoms with van der Waals surface area (Å²) in [6.45, 7) is 4.59. The Kier molecular flexibility index (Phi) is 4.16. The van der Waals surface area contributed by atoms with Crippen molar-refractivity contribution in [2.24, 2.45) is 0 Å². The first-order valence-electron chi connectivity index (χ1n) is 7.23. The molecule has 5 nitrogen and oxygen atoms in total. The Hall–Kier alpha value is -0.820. The van der Waals surface area contributed by atoms with Crippen molar-refractivity contribution >= 4 is 12.2 Å². The summed E-state index contributed by atoms with van der Waals surface area (Å²) in [6, 6.07) is 0.289. The molecule has 0 spiro atoms. The van der Waals surface area contributed by atoms with E-state index in [1.54, 1.807) is 0 Å². The van der Waals surface area contributed by atoms with Gasteiger partial charge in [-0.3, -0.25) is 4.90 Å². The molecule has 1 atom stereocenters. The Morgan fingerprint density at radius 3 is 3.05 bits per heavy atom. The van der Waals surface area contributed by atoms with Gasteiger partial charge in [0.2, 0.25) is 0 Å². The van der Waals surface area contributed by atoms with Crippen molar-refractivity contribution in [2.75, 3.05) is 40.3 Å². The highest BCUT2D eigenvalue weighted by Gasteiger charge is 2.25. The molecule has 20 heavy (non-hydrogen) atoms. The molecule has 3 heterocycles. The van der Waals surface area contributed by atoms with E-state index in [1.807, 2.05) is 0 Å². The Balaban J connectivity index is 1.96. The Labute approximate surface area is 125 Å². The van der Waals surface area contributed by atoms with Crippen LogP contribution in [0.2, 0.25) is 0 Å². The molecule has 2 aliphatic rings. The molecule has 1 aromatic rings. The van der Waals surface area contributed by atoms with E-state index < -0.39 is 0 Å². The van der Waals surface area contributed by atoms with Crippen LogP contribution in [0.1, 0.15) is 29.5 Å². The number of hydrogen-bond acceptors (Lipinski definition) is 5. The van der Waals surface area contributed by atoms with E-state index in [-0.39, 0.29) is 6.04 Å². The second-order valence-electron chi connectivity index (χ2n) is 5.80. The van der Waals surface area contributed by atoms with Crippen LogP contribution in [0, 0.1) is 4.64 Å². The number of nitrogens with one attached hydrogen (secondary N) is 1. The minimum Gasteiger partial charge on any atom is -0.376 e. The molecule has 6 heteroatoms. The van der Waals surface area contributed by atoms with Crippen molar-refractivity contribution in [1.29, 1.82) is 0 Å². The van der Waals surface area contributed by atoms with E-state index in [1.165, 1.54) is 12.1 Å². The van der Waals surface area contributed by atoms with Crippen LogP contribution in [-0.4, -0.2) is 60.1 Å². The third-order valence-electron chi connectivity index (χ3n) is 4.25. The molecule has 0 aliphatic carbocycles. The van der Waals surface area contributed by atoms with Crippen molar-refractivity contribution in [3.05, 3.63) is 21.7 Å². The molecule has 1 N–H and O–H groups in total. The normalized spacial score (nSPS) is 25.2. The maximum Gasteiger partial charge on any atom is 0.135 e. The summed E-state index contributed by atoms with van der Waals surface area (Å²) in [5.74, 6) is 1.01. The van der Waals surface area contributed by atoms with E-state index in [0.717, 1.165) is 44.0 Å². The van der Waals surface area contributed by atoms with Crippen LogP contribution in [0.15, 0.2) is 0 Å². The van der Waals surface area contributed by atoms with Gasteiger partial charge < -0.3 is 14.6 Å². The molecule has 1 unspecified atom stereocenters. The summed E-state index contributed by atoms with van der Waals surface area (Å²) in [5.41, 5.74) is 2.28. The minimum atomic E-state index is 0.289. The molecular formula is C14H22N4OS. The zero-order valence-electron chi connectivity index (χ0n) is 12.2. The van der Waals surface area contributed by atoms with Crippen molar-refractivity contribution in [3.8, 4) is 0 Å². The average Bonchev–Trinajstić information content (AvgIpc) is 2.60. The molecule has 1 aromatic heterocycles. The van der Waals surface area contributed by atoms with Crippen molar-refractivity contribution < 1.29 is 4.74 Å². The molecule has 3 rings (SSSR count). The lowest BCUT2D eigenvalue weighted by Gasteiger charge is -2.28. The number of fused-ring (bicyclic) bond motifs is 1. The van der Waals surface area contributed by atoms with Crippen LogP contribution < -0.4 is 0 Å². The first-order valence-corrected chi connectivity index (χ1v) is 7.64. The van der Waals surface area contributed by atoms with Gasteiger partial charge in [0.05, 0.1) is 19.3 Å². The van der Waals surface area contributed by atoms with Gasteiger partial charge in [-0.25, -0.2) is 4.98 Å². The van der Waals surface area contributed by atoms with E-state index in [0.29, 0.717) is 11.2 Å². The zero-order chi connectivity index (χ0) is 14.1. The number of hydrogen-bond donors (Lipinski definition) is 1. The second kappa shape index (κ2) is 5.89. The molecule has 0 aromatic carbocycles. The van der Waals surface area contributed by atoms with Gasteiger partial charge in [0, 0.05) is 24.2 Å². The predicted octanol–water partition coefficient (Wildman–Crippen LogP) is 1.52. The maximum absolute atomic E-state index is 5.47. The Morgan fingerprint density at radius 1 is 1.35 bits per heavy atom. The van der Waals surface area contributed by atoms with Crippen molar-refractivity contribution in [3.63, 3.8) is 0 Å². The summed E-state index contributed by atoms with van der Waals surface area (Å²) in [7, 11) is 4.35. The summed E-state index contributed by atoms with van der Waals surface area (Å²) >= 11 is 5.45. The largest absolute Gasteiger partial charge is 0.376 e. The fourth-order valence-corrected chi connectivity index (χ4v) is 3.28. The second-order valence-corrected chi connectivity index (χ2v) is 6.19. The van der Waals surface area contributed by atoms with Crippen LogP contribution in [0.25, 0.3) is 0 Å². The zero-order valence-corrected chi connectivity index (χ0v) is 13.0. The predicted molar refractivity (Wildman–Crippen MR) is 80.3 cm³/mol. The monoisotopic (exact) mass is 294 g/mol. The average molecular weight is 294 g/mol. The highest BCUT2D eigenvalue weighted by atomic mass is 32.1. The van der Waals surface area contributed by atoms with Gasteiger partial charge in [0.25, 0.3) is 0 Å². The highest BCUT2D eigenvalue weighted by molar-refractivity contribution is 7.71. The first kappa shape index (κ1) is 14.1. The van der Waals surface area contributed by atoms with Crippen LogP contribution in [-0.2, 0) is 17.8 Å². The van der Waals surface area contributed by atoms with E-state index in [9.17, 15) is 0 Å². The molecule has 0 amide bonds. The smallest absolute Gasteiger partial charge is 0.135 e. The molecule has 2 aliphatic heterocycles. The van der Waals surface area contributed by atoms with Gasteiger partial charge in [0.15, 0.2) is 0 Å². The molecule has 0 saturated carbocycles. The summed E-state index contributed by atoms with van der Waals surface area (Å²) in [6.07, 6.45) is 2.10. The lowest BCUT2D eigenvalue weighted by Crippen LogP contribution is -2.32. The quantitative estimate of drug-likeness (QED) is 0.796. The maximum atomic E-state index is 5.47. The third kappa shape index (κ3) is 2.79. The number of aromatic nitrogens is 2. The molecule has 110 valence electrons. The molecule has 0 bridgehead atoms. The summed E-state index contributed by atoms with van der Waals surface area (Å²) in [5, 5.41) is 0. The Morgan fingerprint density at radius 2 is 2.20 bits per heavy atom. The standard InChI is InChI=1S/C14H22N4OS/c1-17-5-3-6-18(2)12(8-17)13-15-11-4-7-19-9-10(11)14(20)16-13/h12H,3-9H2,1-2H3,(H,15,16,20). The van der Waals surface area contributed by atoms with Crippen LogP contribution in [0.3, 0.4) is 0 Å². The first-order chi connectivity index (χ1) is 9.65. The summed E-state index contributed by atoms with van der Waals surface area (Å²) in [4.78, 5) is 12.9. The van der Waals surface area contributed by atoms with E-state index in [4.69, 9.17) is 17.0 Å². The van der Waals surface area contributed by atoms with Gasteiger partial charge in [-0.1, -0.05) is 12.2 Å². The van der Waals surface area contributed by atoms with Crippen LogP contribution >= 0.6 is 12.2 Å². The van der Waals surface area contributed by atoms with Gasteiger partial charge >= 0.3 is 0 Å². The lowest BCUT2D eigenvalue weighted by molar-refractivity contribution is 0.108. The van der Waals surface area contributed by atoms with E-state index in [2.05, 4.69) is 33.9 Å². The SMILES string of the molecule is CN1CCCN(C)C(c2nc(=S)c3c([nH]2)CCOC3)C1. The summed E-state index contributed by atoms with van der Waals surface area (Å²) < 4.78 is 6.18. The number of H-pyrrole nitrogens is 1. The topological polar surface area (TPSA) is 44.4 Å². The van der Waals surface area contributed by atoms with Gasteiger partial charge in [-0.15, -0.1) is 0 Å². The minimum absolute atomic E-state index is 0.289. The fourth-order valence-electron chi connectivity index (χ4n) is 3.00. The van der Waals surface area contributed by atoms with Crippen molar-refractivity contribution in [2.45, 2.75) is 25.5 Å². The van der Waals surface area contributed by atoms with Crippen molar-refractivity contribution in [1.82, 2.24) is 19.8 Å². The third-order valence-corrected chi connectivity index (χ3v) is 4.59. The lowest BCUT2D eigenvalue weighted by atomic mass is 10.1. The van der Waals surface area contributed by atoms with E-state index >= 15 is 0 Å². The number of aromatic amines is 1. The number of likely N-dealkylation sites (N-methyl/N-ethyl adjacent to an activating group) is 2. The Bertz CT molecular complexity index is 544. The molecule has 1 fully saturated rings. The number of rotatable bonds is 1. The van der Waals surface area contributed by atoms with Gasteiger partial charge in [0.1, 0.15) is 10.5 Å². The molecule has 0 radical (unpaired) electrons.